The third-order valence-electron chi connectivity index (χ3n) is 7.08. The van der Waals surface area contributed by atoms with Crippen LogP contribution in [0.5, 0.6) is 0 Å². The molecule has 236 valence electrons. The van der Waals surface area contributed by atoms with E-state index >= 15 is 0 Å². The molecule has 15 nitrogen and oxygen atoms in total. The number of carbonyl (C=O) groups is 3. The summed E-state index contributed by atoms with van der Waals surface area (Å²) in [6.07, 6.45) is -14.2. The van der Waals surface area contributed by atoms with Gasteiger partial charge in [-0.2, -0.15) is 0 Å². The van der Waals surface area contributed by atoms with Crippen LogP contribution in [0.15, 0.2) is 0 Å². The van der Waals surface area contributed by atoms with Crippen molar-refractivity contribution in [3.8, 4) is 0 Å². The van der Waals surface area contributed by atoms with Crippen molar-refractivity contribution < 1.29 is 81.9 Å². The van der Waals surface area contributed by atoms with Crippen molar-refractivity contribution in [2.75, 3.05) is 20.3 Å². The smallest absolute Gasteiger partial charge is 0.339 e. The number of amides is 2. The van der Waals surface area contributed by atoms with Crippen molar-refractivity contribution in [2.45, 2.75) is 67.5 Å². The second-order valence-corrected chi connectivity index (χ2v) is 9.54. The molecule has 2 heterocycles. The first-order valence-corrected chi connectivity index (χ1v) is 12.1. The van der Waals surface area contributed by atoms with E-state index < -0.39 is 126 Å². The van der Waals surface area contributed by atoms with Gasteiger partial charge < -0.3 is 60.6 Å². The van der Waals surface area contributed by atoms with Gasteiger partial charge in [0.1, 0.15) is 53.8 Å². The van der Waals surface area contributed by atoms with E-state index in [1.165, 1.54) is 0 Å². The van der Waals surface area contributed by atoms with E-state index in [2.05, 4.69) is 5.32 Å². The minimum Gasteiger partial charge on any atom is -0.478 e. The summed E-state index contributed by atoms with van der Waals surface area (Å²) < 4.78 is 72.2. The molecule has 0 radical (unpaired) electrons. The number of ether oxygens (including phenoxy) is 3. The van der Waals surface area contributed by atoms with E-state index in [4.69, 9.17) is 14.2 Å². The van der Waals surface area contributed by atoms with Crippen LogP contribution in [0.4, 0.5) is 17.6 Å². The Bertz CT molecular complexity index is 1230. The van der Waals surface area contributed by atoms with Crippen LogP contribution >= 0.6 is 0 Å². The van der Waals surface area contributed by atoms with Gasteiger partial charge in [0.05, 0.1) is 24.8 Å². The zero-order chi connectivity index (χ0) is 31.8. The Labute approximate surface area is 233 Å². The average molecular weight is 616 g/mol. The second kappa shape index (κ2) is 12.7. The molecule has 2 aliphatic rings. The zero-order valence-corrected chi connectivity index (χ0v) is 21.7. The molecule has 0 aliphatic carbocycles. The Hall–Kier alpha value is -3.01. The molecule has 2 saturated heterocycles. The Morgan fingerprint density at radius 1 is 0.881 bits per heavy atom. The van der Waals surface area contributed by atoms with E-state index in [0.29, 0.717) is 0 Å². The highest BCUT2D eigenvalue weighted by Crippen LogP contribution is 2.39. The number of aliphatic hydroxyl groups is 6. The lowest BCUT2D eigenvalue weighted by molar-refractivity contribution is -0.347. The van der Waals surface area contributed by atoms with Crippen LogP contribution in [0.1, 0.15) is 27.6 Å². The number of hydrogen-bond acceptors (Lipinski definition) is 12. The molecule has 10 atom stereocenters. The fourth-order valence-electron chi connectivity index (χ4n) is 5.05. The largest absolute Gasteiger partial charge is 0.478 e. The fourth-order valence-corrected chi connectivity index (χ4v) is 5.05. The maximum atomic E-state index is 14.5. The lowest BCUT2D eigenvalue weighted by Gasteiger charge is -2.55. The Balaban J connectivity index is 2.09. The highest BCUT2D eigenvalue weighted by atomic mass is 19.2. The molecule has 9 N–H and O–H groups in total. The summed E-state index contributed by atoms with van der Waals surface area (Å²) in [4.78, 5) is 36.1. The van der Waals surface area contributed by atoms with E-state index in [1.807, 2.05) is 0 Å². The van der Waals surface area contributed by atoms with Crippen LogP contribution in [0.25, 0.3) is 0 Å². The first kappa shape index (κ1) is 33.5. The minimum absolute atomic E-state index is 0.761. The summed E-state index contributed by atoms with van der Waals surface area (Å²) >= 11 is 0. The number of carboxylic acid groups (broad SMARTS) is 1. The molecule has 0 aromatic heterocycles. The Morgan fingerprint density at radius 2 is 1.45 bits per heavy atom. The molecule has 0 saturated carbocycles. The topological polar surface area (TPSA) is 245 Å². The van der Waals surface area contributed by atoms with E-state index in [9.17, 15) is 67.7 Å². The number of halogens is 4. The van der Waals surface area contributed by atoms with E-state index in [0.717, 1.165) is 14.0 Å². The quantitative estimate of drug-likeness (QED) is 0.0782. The van der Waals surface area contributed by atoms with Crippen molar-refractivity contribution >= 4 is 17.8 Å². The number of hydrogen-bond donors (Lipinski definition) is 9. The van der Waals surface area contributed by atoms with Crippen LogP contribution in [-0.4, -0.2) is 134 Å². The number of benzene rings is 1. The molecule has 3 rings (SSSR count). The normalized spacial score (nSPS) is 35.0. The van der Waals surface area contributed by atoms with Gasteiger partial charge in [-0.25, -0.2) is 22.4 Å². The first-order chi connectivity index (χ1) is 19.6. The number of nitrogens with one attached hydrogen (secondary N) is 2. The molecule has 0 spiro atoms. The number of aliphatic hydroxyl groups excluding tert-OH is 5. The third-order valence-corrected chi connectivity index (χ3v) is 7.08. The van der Waals surface area contributed by atoms with Crippen molar-refractivity contribution in [3.63, 3.8) is 0 Å². The SMILES string of the molecule is CO[C@H]1O[C@H](CO)[C@](O)([C@@H]2O[C@H](CO)[C@H](O)[C@@H](NC(=O)c3c(F)c(F)c(F)c(F)c3C(=O)O)[C@H]2O)[C@H](O)[C@@H]1NC(C)=O. The molecular formula is C23H28F4N2O13. The molecule has 19 heteroatoms. The summed E-state index contributed by atoms with van der Waals surface area (Å²) in [5.74, 6) is -15.1. The molecule has 1 aromatic carbocycles. The average Bonchev–Trinajstić information content (AvgIpc) is 2.93. The predicted octanol–water partition coefficient (Wildman–Crippen LogP) is -3.52. The summed E-state index contributed by atoms with van der Waals surface area (Å²) in [6, 6.07) is -3.79. The third kappa shape index (κ3) is 5.54. The summed E-state index contributed by atoms with van der Waals surface area (Å²) in [7, 11) is 1.09. The Kier molecular flexibility index (Phi) is 10.1. The van der Waals surface area contributed by atoms with Crippen LogP contribution in [0.3, 0.4) is 0 Å². The number of rotatable bonds is 8. The zero-order valence-electron chi connectivity index (χ0n) is 21.7. The van der Waals surface area contributed by atoms with Crippen molar-refractivity contribution in [1.82, 2.24) is 10.6 Å². The molecule has 2 amide bonds. The highest BCUT2D eigenvalue weighted by molar-refractivity contribution is 6.05. The predicted molar refractivity (Wildman–Crippen MR) is 124 cm³/mol. The van der Waals surface area contributed by atoms with Gasteiger partial charge >= 0.3 is 5.97 Å². The van der Waals surface area contributed by atoms with Crippen LogP contribution in [-0.2, 0) is 19.0 Å². The molecular weight excluding hydrogens is 588 g/mol. The van der Waals surface area contributed by atoms with Gasteiger partial charge in [0, 0.05) is 14.0 Å². The van der Waals surface area contributed by atoms with E-state index in [1.54, 1.807) is 5.32 Å². The van der Waals surface area contributed by atoms with Crippen molar-refractivity contribution in [3.05, 3.63) is 34.4 Å². The van der Waals surface area contributed by atoms with Gasteiger partial charge in [0.15, 0.2) is 29.6 Å². The van der Waals surface area contributed by atoms with Gasteiger partial charge in [0.2, 0.25) is 5.91 Å². The molecule has 0 unspecified atom stereocenters. The lowest BCUT2D eigenvalue weighted by Crippen LogP contribution is -2.79. The summed E-state index contributed by atoms with van der Waals surface area (Å²) in [5.41, 5.74) is -6.75. The van der Waals surface area contributed by atoms with Crippen molar-refractivity contribution in [2.24, 2.45) is 0 Å². The highest BCUT2D eigenvalue weighted by Gasteiger charge is 2.64. The van der Waals surface area contributed by atoms with Gasteiger partial charge in [-0.3, -0.25) is 9.59 Å². The van der Waals surface area contributed by atoms with Crippen LogP contribution < -0.4 is 10.6 Å². The van der Waals surface area contributed by atoms with E-state index in [-0.39, 0.29) is 0 Å². The number of aromatic carboxylic acids is 1. The van der Waals surface area contributed by atoms with Crippen molar-refractivity contribution in [1.29, 1.82) is 0 Å². The molecule has 2 fully saturated rings. The van der Waals surface area contributed by atoms with Gasteiger partial charge in [-0.15, -0.1) is 0 Å². The molecule has 2 aliphatic heterocycles. The Morgan fingerprint density at radius 3 is 1.93 bits per heavy atom. The number of carboxylic acids is 1. The maximum absolute atomic E-state index is 14.5. The minimum atomic E-state index is -2.95. The maximum Gasteiger partial charge on any atom is 0.339 e. The summed E-state index contributed by atoms with van der Waals surface area (Å²) in [5, 5.41) is 77.4. The standard InChI is InChI=1S/C23H28F4N2O13/c1-5(32)28-15-18(35)23(39,7(4-31)42-22(15)40-2)19-17(34)14(16(33)6(3-30)41-19)29-20(36)8-9(21(37)38)11(25)13(27)12(26)10(8)24/h6-7,14-19,22,30-31,33-35,39H,3-4H2,1-2H3,(H,28,32)(H,29,36)(H,37,38)/t6-,7-,14-,15+,16+,17-,18-,19-,22+,23-/m1/s1. The molecule has 42 heavy (non-hydrogen) atoms. The van der Waals surface area contributed by atoms with Gasteiger partial charge in [-0.1, -0.05) is 0 Å². The molecule has 1 aromatic rings. The first-order valence-electron chi connectivity index (χ1n) is 12.1. The van der Waals surface area contributed by atoms with Gasteiger partial charge in [0.25, 0.3) is 5.91 Å². The monoisotopic (exact) mass is 616 g/mol. The number of carbonyl (C=O) groups excluding carboxylic acids is 2. The lowest BCUT2D eigenvalue weighted by atomic mass is 9.73. The number of methoxy groups -OCH3 is 1. The summed E-state index contributed by atoms with van der Waals surface area (Å²) in [6.45, 7) is -1.19. The fraction of sp³-hybridized carbons (Fsp3) is 0.609. The van der Waals surface area contributed by atoms with Gasteiger partial charge in [-0.05, 0) is 0 Å². The second-order valence-electron chi connectivity index (χ2n) is 9.54. The molecule has 0 bridgehead atoms. The van der Waals surface area contributed by atoms with Crippen LogP contribution in [0.2, 0.25) is 0 Å². The van der Waals surface area contributed by atoms with Crippen LogP contribution in [0, 0.1) is 23.3 Å².